The Balaban J connectivity index is 2.63. The maximum Gasteiger partial charge on any atom is 0.126 e. The van der Waals surface area contributed by atoms with E-state index in [9.17, 15) is 4.79 Å². The molecule has 3 heteroatoms. The normalized spacial score (nSPS) is 11.5. The second kappa shape index (κ2) is 3.13. The Kier molecular flexibility index (Phi) is 2.39. The van der Waals surface area contributed by atoms with Crippen LogP contribution in [0.1, 0.15) is 18.9 Å². The van der Waals surface area contributed by atoms with Crippen molar-refractivity contribution in [1.29, 1.82) is 0 Å². The molecular formula is C8H11NOS. The van der Waals surface area contributed by atoms with Crippen LogP contribution in [0, 0.1) is 5.41 Å². The van der Waals surface area contributed by atoms with Crippen LogP contribution in [-0.2, 0) is 11.2 Å². The van der Waals surface area contributed by atoms with Crippen molar-refractivity contribution >= 4 is 17.6 Å². The number of thiazole rings is 1. The van der Waals surface area contributed by atoms with Gasteiger partial charge in [-0.05, 0) is 0 Å². The van der Waals surface area contributed by atoms with Crippen molar-refractivity contribution in [2.45, 2.75) is 20.3 Å². The summed E-state index contributed by atoms with van der Waals surface area (Å²) in [5.41, 5.74) is -0.266. The van der Waals surface area contributed by atoms with Gasteiger partial charge in [-0.1, -0.05) is 13.8 Å². The SMILES string of the molecule is CC(C)(C=O)Cc1nccs1. The lowest BCUT2D eigenvalue weighted by Crippen LogP contribution is -2.15. The number of carbonyl (C=O) groups is 1. The van der Waals surface area contributed by atoms with E-state index in [-0.39, 0.29) is 5.41 Å². The Hall–Kier alpha value is -0.700. The topological polar surface area (TPSA) is 30.0 Å². The second-order valence-electron chi connectivity index (χ2n) is 3.21. The van der Waals surface area contributed by atoms with Crippen LogP contribution in [0.5, 0.6) is 0 Å². The first kappa shape index (κ1) is 8.40. The average Bonchev–Trinajstić information content (AvgIpc) is 2.39. The van der Waals surface area contributed by atoms with Crippen LogP contribution >= 0.6 is 11.3 Å². The summed E-state index contributed by atoms with van der Waals surface area (Å²) in [6, 6.07) is 0. The highest BCUT2D eigenvalue weighted by atomic mass is 32.1. The third-order valence-corrected chi connectivity index (χ3v) is 2.19. The first-order valence-corrected chi connectivity index (χ1v) is 4.37. The predicted molar refractivity (Wildman–Crippen MR) is 45.7 cm³/mol. The molecule has 0 spiro atoms. The van der Waals surface area contributed by atoms with Crippen LogP contribution in [-0.4, -0.2) is 11.3 Å². The maximum atomic E-state index is 10.5. The summed E-state index contributed by atoms with van der Waals surface area (Å²) in [6.45, 7) is 3.84. The van der Waals surface area contributed by atoms with E-state index >= 15 is 0 Å². The lowest BCUT2D eigenvalue weighted by Gasteiger charge is -2.13. The Bertz CT molecular complexity index is 228. The molecule has 1 aromatic heterocycles. The number of hydrogen-bond donors (Lipinski definition) is 0. The van der Waals surface area contributed by atoms with Gasteiger partial charge in [0, 0.05) is 23.4 Å². The number of nitrogens with zero attached hydrogens (tertiary/aromatic N) is 1. The Morgan fingerprint density at radius 3 is 2.91 bits per heavy atom. The van der Waals surface area contributed by atoms with Crippen LogP contribution in [0.4, 0.5) is 0 Å². The van der Waals surface area contributed by atoms with Gasteiger partial charge in [-0.15, -0.1) is 11.3 Å². The third kappa shape index (κ3) is 2.42. The maximum absolute atomic E-state index is 10.5. The Labute approximate surface area is 70.3 Å². The highest BCUT2D eigenvalue weighted by molar-refractivity contribution is 7.09. The summed E-state index contributed by atoms with van der Waals surface area (Å²) in [5, 5.41) is 2.96. The summed E-state index contributed by atoms with van der Waals surface area (Å²) in [4.78, 5) is 14.6. The minimum Gasteiger partial charge on any atom is -0.303 e. The monoisotopic (exact) mass is 169 g/mol. The molecule has 0 aliphatic rings. The van der Waals surface area contributed by atoms with Crippen molar-refractivity contribution < 1.29 is 4.79 Å². The molecule has 0 N–H and O–H groups in total. The molecule has 11 heavy (non-hydrogen) atoms. The van der Waals surface area contributed by atoms with Crippen LogP contribution in [0.15, 0.2) is 11.6 Å². The Morgan fingerprint density at radius 1 is 1.73 bits per heavy atom. The largest absolute Gasteiger partial charge is 0.303 e. The molecule has 2 nitrogen and oxygen atoms in total. The zero-order valence-corrected chi connectivity index (χ0v) is 7.52. The molecule has 60 valence electrons. The van der Waals surface area contributed by atoms with Crippen molar-refractivity contribution in [2.75, 3.05) is 0 Å². The van der Waals surface area contributed by atoms with Gasteiger partial charge < -0.3 is 4.79 Å². The lowest BCUT2D eigenvalue weighted by atomic mass is 9.92. The van der Waals surface area contributed by atoms with Crippen molar-refractivity contribution in [3.8, 4) is 0 Å². The molecule has 0 aliphatic heterocycles. The molecule has 1 rings (SSSR count). The zero-order chi connectivity index (χ0) is 8.32. The van der Waals surface area contributed by atoms with Gasteiger partial charge in [0.2, 0.25) is 0 Å². The summed E-state index contributed by atoms with van der Waals surface area (Å²) >= 11 is 1.60. The molecule has 0 atom stereocenters. The molecule has 0 fully saturated rings. The molecule has 0 amide bonds. The number of rotatable bonds is 3. The highest BCUT2D eigenvalue weighted by Crippen LogP contribution is 2.19. The fourth-order valence-electron chi connectivity index (χ4n) is 0.772. The van der Waals surface area contributed by atoms with E-state index in [0.717, 1.165) is 17.7 Å². The molecule has 0 aromatic carbocycles. The molecule has 0 saturated carbocycles. The third-order valence-electron chi connectivity index (χ3n) is 1.41. The minimum atomic E-state index is -0.266. The lowest BCUT2D eigenvalue weighted by molar-refractivity contribution is -0.114. The molecule has 1 heterocycles. The van der Waals surface area contributed by atoms with Crippen LogP contribution in [0.3, 0.4) is 0 Å². The number of hydrogen-bond acceptors (Lipinski definition) is 3. The van der Waals surface area contributed by atoms with E-state index in [4.69, 9.17) is 0 Å². The standard InChI is InChI=1S/C8H11NOS/c1-8(2,6-10)5-7-9-3-4-11-7/h3-4,6H,5H2,1-2H3. The van der Waals surface area contributed by atoms with Crippen molar-refractivity contribution in [1.82, 2.24) is 4.98 Å². The van der Waals surface area contributed by atoms with Gasteiger partial charge >= 0.3 is 0 Å². The van der Waals surface area contributed by atoms with Gasteiger partial charge in [-0.2, -0.15) is 0 Å². The van der Waals surface area contributed by atoms with Gasteiger partial charge in [0.15, 0.2) is 0 Å². The number of aldehydes is 1. The minimum absolute atomic E-state index is 0.266. The van der Waals surface area contributed by atoms with E-state index in [1.807, 2.05) is 19.2 Å². The Morgan fingerprint density at radius 2 is 2.45 bits per heavy atom. The molecule has 0 saturated heterocycles. The highest BCUT2D eigenvalue weighted by Gasteiger charge is 2.18. The van der Waals surface area contributed by atoms with Crippen molar-refractivity contribution in [3.63, 3.8) is 0 Å². The number of carbonyl (C=O) groups excluding carboxylic acids is 1. The quantitative estimate of drug-likeness (QED) is 0.647. The van der Waals surface area contributed by atoms with Crippen LogP contribution in [0.2, 0.25) is 0 Å². The predicted octanol–water partition coefficient (Wildman–Crippen LogP) is 1.91. The van der Waals surface area contributed by atoms with E-state index in [1.165, 1.54) is 0 Å². The van der Waals surface area contributed by atoms with Gasteiger partial charge in [0.25, 0.3) is 0 Å². The van der Waals surface area contributed by atoms with E-state index in [1.54, 1.807) is 17.5 Å². The van der Waals surface area contributed by atoms with Crippen LogP contribution in [0.25, 0.3) is 0 Å². The fourth-order valence-corrected chi connectivity index (χ4v) is 1.63. The van der Waals surface area contributed by atoms with Gasteiger partial charge in [0.1, 0.15) is 6.29 Å². The molecule has 0 aliphatic carbocycles. The van der Waals surface area contributed by atoms with E-state index in [2.05, 4.69) is 4.98 Å². The van der Waals surface area contributed by atoms with E-state index < -0.39 is 0 Å². The first-order valence-electron chi connectivity index (χ1n) is 3.49. The summed E-state index contributed by atoms with van der Waals surface area (Å²) in [7, 11) is 0. The molecular weight excluding hydrogens is 158 g/mol. The van der Waals surface area contributed by atoms with Crippen LogP contribution < -0.4 is 0 Å². The van der Waals surface area contributed by atoms with Gasteiger partial charge in [-0.3, -0.25) is 0 Å². The van der Waals surface area contributed by atoms with Gasteiger partial charge in [0.05, 0.1) is 5.01 Å². The molecule has 1 aromatic rings. The summed E-state index contributed by atoms with van der Waals surface area (Å²) in [6.07, 6.45) is 3.49. The fraction of sp³-hybridized carbons (Fsp3) is 0.500. The van der Waals surface area contributed by atoms with Gasteiger partial charge in [-0.25, -0.2) is 4.98 Å². The first-order chi connectivity index (χ1) is 5.14. The smallest absolute Gasteiger partial charge is 0.126 e. The number of aromatic nitrogens is 1. The van der Waals surface area contributed by atoms with Crippen molar-refractivity contribution in [3.05, 3.63) is 16.6 Å². The van der Waals surface area contributed by atoms with Crippen molar-refractivity contribution in [2.24, 2.45) is 5.41 Å². The molecule has 0 unspecified atom stereocenters. The summed E-state index contributed by atoms with van der Waals surface area (Å²) in [5.74, 6) is 0. The molecule has 0 radical (unpaired) electrons. The second-order valence-corrected chi connectivity index (χ2v) is 4.19. The summed E-state index contributed by atoms with van der Waals surface area (Å²) < 4.78 is 0. The average molecular weight is 169 g/mol. The molecule has 0 bridgehead atoms. The van der Waals surface area contributed by atoms with E-state index in [0.29, 0.717) is 0 Å². The zero-order valence-electron chi connectivity index (χ0n) is 6.70.